The number of alkyl halides is 2. The van der Waals surface area contributed by atoms with Crippen molar-refractivity contribution in [3.05, 3.63) is 58.6 Å². The van der Waals surface area contributed by atoms with E-state index in [1.807, 2.05) is 0 Å². The maximum absolute atomic E-state index is 14.9. The number of rotatable bonds is 4. The van der Waals surface area contributed by atoms with E-state index in [2.05, 4.69) is 4.98 Å². The molecule has 1 aliphatic heterocycles. The van der Waals surface area contributed by atoms with Crippen LogP contribution in [-0.4, -0.2) is 33.7 Å². The Labute approximate surface area is 147 Å². The first-order valence-electron chi connectivity index (χ1n) is 7.83. The molecule has 2 heterocycles. The first kappa shape index (κ1) is 18.0. The van der Waals surface area contributed by atoms with Crippen LogP contribution in [0.15, 0.2) is 47.4 Å². The number of esters is 1. The molecule has 1 fully saturated rings. The van der Waals surface area contributed by atoms with E-state index in [9.17, 15) is 18.4 Å². The van der Waals surface area contributed by atoms with Crippen molar-refractivity contribution in [3.63, 3.8) is 0 Å². The van der Waals surface area contributed by atoms with Gasteiger partial charge in [-0.2, -0.15) is 4.98 Å². The van der Waals surface area contributed by atoms with E-state index in [1.54, 1.807) is 18.2 Å². The normalized spacial score (nSPS) is 28.0. The summed E-state index contributed by atoms with van der Waals surface area (Å²) in [6.45, 7) is 0.286. The van der Waals surface area contributed by atoms with E-state index in [1.165, 1.54) is 24.4 Å². The number of benzene rings is 1. The van der Waals surface area contributed by atoms with Crippen molar-refractivity contribution in [1.29, 1.82) is 0 Å². The SMILES string of the molecule is C[C@@]1(F)C[C@@](F)(COC(=O)c2ccccc2)O[C@H]1n1ccc(N)nc1=O. The molecule has 0 radical (unpaired) electrons. The van der Waals surface area contributed by atoms with Gasteiger partial charge in [0.1, 0.15) is 5.82 Å². The van der Waals surface area contributed by atoms with Crippen molar-refractivity contribution >= 4 is 11.8 Å². The van der Waals surface area contributed by atoms with Crippen LogP contribution in [0.2, 0.25) is 0 Å². The third kappa shape index (κ3) is 3.57. The first-order valence-corrected chi connectivity index (χ1v) is 7.83. The molecule has 26 heavy (non-hydrogen) atoms. The van der Waals surface area contributed by atoms with Gasteiger partial charge in [-0.15, -0.1) is 0 Å². The molecular weight excluding hydrogens is 348 g/mol. The molecule has 0 spiro atoms. The minimum atomic E-state index is -2.58. The summed E-state index contributed by atoms with van der Waals surface area (Å²) in [5.74, 6) is -3.39. The summed E-state index contributed by atoms with van der Waals surface area (Å²) >= 11 is 0. The highest BCUT2D eigenvalue weighted by Gasteiger charge is 2.57. The van der Waals surface area contributed by atoms with Gasteiger partial charge in [-0.25, -0.2) is 18.4 Å². The minimum Gasteiger partial charge on any atom is -0.456 e. The van der Waals surface area contributed by atoms with Crippen LogP contribution in [0.5, 0.6) is 0 Å². The molecule has 1 saturated heterocycles. The first-order chi connectivity index (χ1) is 12.2. The number of ether oxygens (including phenoxy) is 2. The highest BCUT2D eigenvalue weighted by Crippen LogP contribution is 2.47. The van der Waals surface area contributed by atoms with Crippen molar-refractivity contribution in [1.82, 2.24) is 9.55 Å². The lowest BCUT2D eigenvalue weighted by atomic mass is 10.0. The molecule has 1 aromatic carbocycles. The quantitative estimate of drug-likeness (QED) is 0.833. The van der Waals surface area contributed by atoms with Gasteiger partial charge in [0.25, 0.3) is 0 Å². The fourth-order valence-corrected chi connectivity index (χ4v) is 2.84. The molecule has 0 unspecified atom stereocenters. The van der Waals surface area contributed by atoms with Crippen molar-refractivity contribution in [2.24, 2.45) is 0 Å². The second-order valence-corrected chi connectivity index (χ2v) is 6.29. The summed E-state index contributed by atoms with van der Waals surface area (Å²) in [7, 11) is 0. The van der Waals surface area contributed by atoms with Gasteiger partial charge < -0.3 is 15.2 Å². The Kier molecular flexibility index (Phi) is 4.49. The molecule has 0 saturated carbocycles. The number of hydrogen-bond acceptors (Lipinski definition) is 6. The van der Waals surface area contributed by atoms with Gasteiger partial charge in [-0.05, 0) is 25.1 Å². The molecule has 0 amide bonds. The Bertz CT molecular complexity index is 872. The van der Waals surface area contributed by atoms with E-state index in [0.29, 0.717) is 0 Å². The van der Waals surface area contributed by atoms with E-state index >= 15 is 0 Å². The molecule has 2 N–H and O–H groups in total. The van der Waals surface area contributed by atoms with Crippen molar-refractivity contribution < 1.29 is 23.0 Å². The van der Waals surface area contributed by atoms with Crippen LogP contribution >= 0.6 is 0 Å². The van der Waals surface area contributed by atoms with E-state index < -0.39 is 42.4 Å². The number of carbonyl (C=O) groups is 1. The maximum Gasteiger partial charge on any atom is 0.351 e. The molecule has 1 aliphatic rings. The summed E-state index contributed by atoms with van der Waals surface area (Å²) in [5, 5.41) is 0. The fraction of sp³-hybridized carbons (Fsp3) is 0.353. The van der Waals surface area contributed by atoms with Gasteiger partial charge in [-0.3, -0.25) is 4.57 Å². The molecule has 7 nitrogen and oxygen atoms in total. The number of anilines is 1. The monoisotopic (exact) mass is 365 g/mol. The second-order valence-electron chi connectivity index (χ2n) is 6.29. The van der Waals surface area contributed by atoms with Crippen molar-refractivity contribution in [3.8, 4) is 0 Å². The Morgan fingerprint density at radius 2 is 2.08 bits per heavy atom. The summed E-state index contributed by atoms with van der Waals surface area (Å²) in [6.07, 6.45) is -1.11. The standard InChI is InChI=1S/C17H17F2N3O4/c1-16(18)9-17(19,10-25-13(23)11-5-3-2-4-6-11)26-14(16)22-8-7-12(20)21-15(22)24/h2-8,14H,9-10H2,1H3,(H2,20,21,24)/t14-,16-,17+/m1/s1. The smallest absolute Gasteiger partial charge is 0.351 e. The zero-order chi connectivity index (χ0) is 18.9. The largest absolute Gasteiger partial charge is 0.456 e. The van der Waals surface area contributed by atoms with E-state index in [-0.39, 0.29) is 11.4 Å². The van der Waals surface area contributed by atoms with Crippen LogP contribution in [0.25, 0.3) is 0 Å². The Morgan fingerprint density at radius 1 is 1.38 bits per heavy atom. The van der Waals surface area contributed by atoms with Gasteiger partial charge in [0.2, 0.25) is 5.85 Å². The van der Waals surface area contributed by atoms with Gasteiger partial charge in [0.15, 0.2) is 18.5 Å². The van der Waals surface area contributed by atoms with Gasteiger partial charge in [-0.1, -0.05) is 18.2 Å². The molecule has 138 valence electrons. The van der Waals surface area contributed by atoms with Crippen LogP contribution in [0, 0.1) is 0 Å². The number of nitrogens with two attached hydrogens (primary N) is 1. The number of carbonyl (C=O) groups excluding carboxylic acids is 1. The molecule has 9 heteroatoms. The lowest BCUT2D eigenvalue weighted by Gasteiger charge is -2.22. The van der Waals surface area contributed by atoms with Gasteiger partial charge >= 0.3 is 11.7 Å². The molecule has 1 aromatic heterocycles. The fourth-order valence-electron chi connectivity index (χ4n) is 2.84. The van der Waals surface area contributed by atoms with Crippen LogP contribution in [0.4, 0.5) is 14.6 Å². The number of nitrogen functional groups attached to an aromatic ring is 1. The zero-order valence-electron chi connectivity index (χ0n) is 13.9. The molecule has 0 aliphatic carbocycles. The van der Waals surface area contributed by atoms with Crippen LogP contribution in [-0.2, 0) is 9.47 Å². The lowest BCUT2D eigenvalue weighted by molar-refractivity contribution is -0.183. The zero-order valence-corrected chi connectivity index (χ0v) is 13.9. The van der Waals surface area contributed by atoms with E-state index in [4.69, 9.17) is 15.2 Å². The predicted octanol–water partition coefficient (Wildman–Crippen LogP) is 2.00. The van der Waals surface area contributed by atoms with E-state index in [0.717, 1.165) is 11.5 Å². The maximum atomic E-state index is 14.9. The average Bonchev–Trinajstić information content (AvgIpc) is 2.83. The third-order valence-electron chi connectivity index (χ3n) is 3.98. The number of hydrogen-bond donors (Lipinski definition) is 1. The lowest BCUT2D eigenvalue weighted by Crippen LogP contribution is -2.35. The summed E-state index contributed by atoms with van der Waals surface area (Å²) < 4.78 is 40.6. The Morgan fingerprint density at radius 3 is 2.73 bits per heavy atom. The van der Waals surface area contributed by atoms with Crippen molar-refractivity contribution in [2.45, 2.75) is 31.1 Å². The highest BCUT2D eigenvalue weighted by molar-refractivity contribution is 5.89. The highest BCUT2D eigenvalue weighted by atomic mass is 19.2. The van der Waals surface area contributed by atoms with Crippen LogP contribution < -0.4 is 11.4 Å². The molecule has 3 atom stereocenters. The summed E-state index contributed by atoms with van der Waals surface area (Å²) in [4.78, 5) is 27.3. The molecular formula is C17H17F2N3O4. The molecule has 3 rings (SSSR count). The number of nitrogens with zero attached hydrogens (tertiary/aromatic N) is 2. The third-order valence-corrected chi connectivity index (χ3v) is 3.98. The topological polar surface area (TPSA) is 96.4 Å². The minimum absolute atomic E-state index is 0.0480. The Balaban J connectivity index is 1.75. The molecule has 2 aromatic rings. The summed E-state index contributed by atoms with van der Waals surface area (Å²) in [6, 6.07) is 9.25. The van der Waals surface area contributed by atoms with Crippen LogP contribution in [0.3, 0.4) is 0 Å². The molecule has 0 bridgehead atoms. The second kappa shape index (κ2) is 6.49. The van der Waals surface area contributed by atoms with Crippen LogP contribution in [0.1, 0.15) is 29.9 Å². The van der Waals surface area contributed by atoms with Crippen molar-refractivity contribution in [2.75, 3.05) is 12.3 Å². The van der Waals surface area contributed by atoms with Gasteiger partial charge in [0, 0.05) is 12.6 Å². The van der Waals surface area contributed by atoms with Gasteiger partial charge in [0.05, 0.1) is 5.56 Å². The number of aromatic nitrogens is 2. The summed E-state index contributed by atoms with van der Waals surface area (Å²) in [5.41, 5.74) is 2.52. The number of halogens is 2. The average molecular weight is 365 g/mol. The Hall–Kier alpha value is -2.81. The predicted molar refractivity (Wildman–Crippen MR) is 87.7 cm³/mol.